The molecular formula is C25H30N2O5. The highest BCUT2D eigenvalue weighted by Crippen LogP contribution is 2.44. The molecule has 0 saturated carbocycles. The maximum Gasteiger partial charge on any atom is 0.407 e. The first-order chi connectivity index (χ1) is 15.1. The van der Waals surface area contributed by atoms with Gasteiger partial charge in [-0.1, -0.05) is 69.3 Å². The number of nitrogens with one attached hydrogen (secondary N) is 2. The zero-order valence-corrected chi connectivity index (χ0v) is 18.8. The molecule has 170 valence electrons. The van der Waals surface area contributed by atoms with Gasteiger partial charge >= 0.3 is 12.1 Å². The van der Waals surface area contributed by atoms with Crippen LogP contribution in [0.3, 0.4) is 0 Å². The molecule has 2 amide bonds. The molecule has 0 aromatic heterocycles. The van der Waals surface area contributed by atoms with Gasteiger partial charge in [-0.3, -0.25) is 9.59 Å². The molecule has 0 aliphatic heterocycles. The Hall–Kier alpha value is -3.35. The molecule has 0 spiro atoms. The van der Waals surface area contributed by atoms with E-state index < -0.39 is 35.5 Å². The van der Waals surface area contributed by atoms with Crippen LogP contribution in [0.15, 0.2) is 48.5 Å². The molecule has 0 saturated heterocycles. The lowest BCUT2D eigenvalue weighted by molar-refractivity contribution is -0.138. The van der Waals surface area contributed by atoms with Crippen molar-refractivity contribution in [3.63, 3.8) is 0 Å². The van der Waals surface area contributed by atoms with Gasteiger partial charge in [-0.15, -0.1) is 0 Å². The summed E-state index contributed by atoms with van der Waals surface area (Å²) in [5.74, 6) is -1.53. The zero-order valence-electron chi connectivity index (χ0n) is 18.8. The minimum absolute atomic E-state index is 0.0712. The topological polar surface area (TPSA) is 105 Å². The molecule has 7 heteroatoms. The second kappa shape index (κ2) is 9.42. The number of carboxylic acid groups (broad SMARTS) is 1. The zero-order chi connectivity index (χ0) is 23.5. The van der Waals surface area contributed by atoms with E-state index in [1.54, 1.807) is 0 Å². The van der Waals surface area contributed by atoms with Crippen LogP contribution in [0.4, 0.5) is 4.79 Å². The summed E-state index contributed by atoms with van der Waals surface area (Å²) in [6.07, 6.45) is -0.896. The fraction of sp³-hybridized carbons (Fsp3) is 0.400. The minimum Gasteiger partial charge on any atom is -0.481 e. The summed E-state index contributed by atoms with van der Waals surface area (Å²) in [5, 5.41) is 14.4. The van der Waals surface area contributed by atoms with Gasteiger partial charge in [-0.25, -0.2) is 4.79 Å². The third-order valence-electron chi connectivity index (χ3n) is 5.81. The molecule has 0 bridgehead atoms. The molecule has 0 fully saturated rings. The number of ether oxygens (including phenoxy) is 1. The van der Waals surface area contributed by atoms with Gasteiger partial charge < -0.3 is 20.5 Å². The number of amides is 2. The summed E-state index contributed by atoms with van der Waals surface area (Å²) in [4.78, 5) is 36.1. The summed E-state index contributed by atoms with van der Waals surface area (Å²) in [7, 11) is 0. The Morgan fingerprint density at radius 2 is 1.50 bits per heavy atom. The monoisotopic (exact) mass is 438 g/mol. The first-order valence-electron chi connectivity index (χ1n) is 10.7. The number of rotatable bonds is 7. The summed E-state index contributed by atoms with van der Waals surface area (Å²) in [6.45, 7) is 7.24. The van der Waals surface area contributed by atoms with Crippen LogP contribution in [0, 0.1) is 5.41 Å². The van der Waals surface area contributed by atoms with Crippen molar-refractivity contribution in [1.82, 2.24) is 10.6 Å². The van der Waals surface area contributed by atoms with E-state index in [-0.39, 0.29) is 18.9 Å². The number of aliphatic carboxylic acids is 1. The first kappa shape index (κ1) is 23.3. The molecule has 7 nitrogen and oxygen atoms in total. The number of hydrogen-bond donors (Lipinski definition) is 3. The highest BCUT2D eigenvalue weighted by molar-refractivity contribution is 5.86. The number of carbonyl (C=O) groups excluding carboxylic acids is 2. The van der Waals surface area contributed by atoms with Gasteiger partial charge in [0, 0.05) is 12.0 Å². The number of benzene rings is 2. The Bertz CT molecular complexity index is 966. The standard InChI is InChI=1S/C25H30N2O5/c1-15(23(30)27-21(13-22(28)29)25(2,3)4)26-24(31)32-14-20-18-11-7-5-9-16(18)17-10-6-8-12-19(17)20/h5-12,15,20-21H,13-14H2,1-4H3,(H,26,31)(H,27,30)(H,28,29)/t15-,21?/m1/s1. The van der Waals surface area contributed by atoms with Crippen LogP contribution in [0.25, 0.3) is 11.1 Å². The fourth-order valence-corrected chi connectivity index (χ4v) is 3.93. The van der Waals surface area contributed by atoms with Crippen LogP contribution in [-0.2, 0) is 14.3 Å². The average molecular weight is 439 g/mol. The van der Waals surface area contributed by atoms with E-state index in [1.807, 2.05) is 57.2 Å². The lowest BCUT2D eigenvalue weighted by atomic mass is 9.84. The Labute approximate surface area is 188 Å². The van der Waals surface area contributed by atoms with Crippen molar-refractivity contribution in [2.24, 2.45) is 5.41 Å². The average Bonchev–Trinajstić information content (AvgIpc) is 3.04. The van der Waals surface area contributed by atoms with Crippen LogP contribution in [0.5, 0.6) is 0 Å². The molecule has 3 rings (SSSR count). The number of carbonyl (C=O) groups is 3. The van der Waals surface area contributed by atoms with E-state index >= 15 is 0 Å². The van der Waals surface area contributed by atoms with Crippen LogP contribution in [0.2, 0.25) is 0 Å². The highest BCUT2D eigenvalue weighted by atomic mass is 16.5. The van der Waals surface area contributed by atoms with Crippen LogP contribution >= 0.6 is 0 Å². The van der Waals surface area contributed by atoms with Crippen molar-refractivity contribution in [3.8, 4) is 11.1 Å². The van der Waals surface area contributed by atoms with E-state index in [4.69, 9.17) is 9.84 Å². The van der Waals surface area contributed by atoms with E-state index in [0.717, 1.165) is 22.3 Å². The van der Waals surface area contributed by atoms with Crippen LogP contribution in [0.1, 0.15) is 51.2 Å². The van der Waals surface area contributed by atoms with E-state index in [9.17, 15) is 14.4 Å². The van der Waals surface area contributed by atoms with Crippen LogP contribution in [-0.4, -0.2) is 41.8 Å². The third kappa shape index (κ3) is 5.28. The van der Waals surface area contributed by atoms with Gasteiger partial charge in [0.2, 0.25) is 5.91 Å². The molecule has 2 aromatic carbocycles. The van der Waals surface area contributed by atoms with Gasteiger partial charge in [0.05, 0.1) is 6.42 Å². The Balaban J connectivity index is 1.59. The van der Waals surface area contributed by atoms with Gasteiger partial charge in [-0.05, 0) is 34.6 Å². The molecule has 0 radical (unpaired) electrons. The lowest BCUT2D eigenvalue weighted by Crippen LogP contribution is -2.52. The normalized spacial score (nSPS) is 14.6. The maximum absolute atomic E-state index is 12.5. The molecule has 0 heterocycles. The quantitative estimate of drug-likeness (QED) is 0.608. The molecule has 2 atom stereocenters. The lowest BCUT2D eigenvalue weighted by Gasteiger charge is -2.31. The van der Waals surface area contributed by atoms with E-state index in [0.29, 0.717) is 0 Å². The summed E-state index contributed by atoms with van der Waals surface area (Å²) in [5.41, 5.74) is 4.04. The van der Waals surface area contributed by atoms with Gasteiger partial charge in [-0.2, -0.15) is 0 Å². The second-order valence-corrected chi connectivity index (χ2v) is 9.22. The Morgan fingerprint density at radius 3 is 2.00 bits per heavy atom. The molecule has 1 unspecified atom stereocenters. The molecule has 32 heavy (non-hydrogen) atoms. The van der Waals surface area contributed by atoms with Crippen molar-refractivity contribution in [2.45, 2.75) is 52.1 Å². The van der Waals surface area contributed by atoms with Crippen molar-refractivity contribution in [1.29, 1.82) is 0 Å². The number of carboxylic acids is 1. The summed E-state index contributed by atoms with van der Waals surface area (Å²) in [6, 6.07) is 14.6. The minimum atomic E-state index is -0.998. The summed E-state index contributed by atoms with van der Waals surface area (Å²) >= 11 is 0. The molecule has 1 aliphatic carbocycles. The fourth-order valence-electron chi connectivity index (χ4n) is 3.93. The molecule has 2 aromatic rings. The summed E-state index contributed by atoms with van der Waals surface area (Å²) < 4.78 is 5.47. The van der Waals surface area contributed by atoms with Gasteiger partial charge in [0.15, 0.2) is 0 Å². The second-order valence-electron chi connectivity index (χ2n) is 9.22. The van der Waals surface area contributed by atoms with Crippen LogP contribution < -0.4 is 10.6 Å². The molecule has 3 N–H and O–H groups in total. The predicted octanol–water partition coefficient (Wildman–Crippen LogP) is 3.92. The number of alkyl carbamates (subject to hydrolysis) is 1. The van der Waals surface area contributed by atoms with Gasteiger partial charge in [0.1, 0.15) is 12.6 Å². The van der Waals surface area contributed by atoms with Crippen molar-refractivity contribution in [3.05, 3.63) is 59.7 Å². The Morgan fingerprint density at radius 1 is 0.969 bits per heavy atom. The smallest absolute Gasteiger partial charge is 0.407 e. The van der Waals surface area contributed by atoms with Crippen molar-refractivity contribution >= 4 is 18.0 Å². The largest absolute Gasteiger partial charge is 0.481 e. The molecular weight excluding hydrogens is 408 g/mol. The van der Waals surface area contributed by atoms with E-state index in [2.05, 4.69) is 22.8 Å². The first-order valence-corrected chi connectivity index (χ1v) is 10.7. The van der Waals surface area contributed by atoms with Crippen molar-refractivity contribution < 1.29 is 24.2 Å². The van der Waals surface area contributed by atoms with Gasteiger partial charge in [0.25, 0.3) is 0 Å². The number of hydrogen-bond acceptors (Lipinski definition) is 4. The highest BCUT2D eigenvalue weighted by Gasteiger charge is 2.31. The number of fused-ring (bicyclic) bond motifs is 3. The SMILES string of the molecule is C[C@@H](NC(=O)OCC1c2ccccc2-c2ccccc21)C(=O)NC(CC(=O)O)C(C)(C)C. The maximum atomic E-state index is 12.5. The predicted molar refractivity (Wildman–Crippen MR) is 121 cm³/mol. The molecule has 1 aliphatic rings. The van der Waals surface area contributed by atoms with E-state index in [1.165, 1.54) is 6.92 Å². The third-order valence-corrected chi connectivity index (χ3v) is 5.81. The van der Waals surface area contributed by atoms with Crippen molar-refractivity contribution in [2.75, 3.05) is 6.61 Å². The Kier molecular flexibility index (Phi) is 6.87.